The van der Waals surface area contributed by atoms with E-state index in [4.69, 9.17) is 4.74 Å². The SMILES string of the molecule is CNCC(C)N1C(=O)COCC1=O. The Hall–Kier alpha value is -0.940. The number of hydrogen-bond donors (Lipinski definition) is 1. The van der Waals surface area contributed by atoms with Gasteiger partial charge in [0.25, 0.3) is 11.8 Å². The summed E-state index contributed by atoms with van der Waals surface area (Å²) in [5.74, 6) is -0.502. The molecule has 0 aliphatic carbocycles. The monoisotopic (exact) mass is 186 g/mol. The summed E-state index contributed by atoms with van der Waals surface area (Å²) >= 11 is 0. The smallest absolute Gasteiger partial charge is 0.255 e. The largest absolute Gasteiger partial charge is 0.362 e. The summed E-state index contributed by atoms with van der Waals surface area (Å²) in [6, 6.07) is -0.103. The van der Waals surface area contributed by atoms with E-state index in [1.54, 1.807) is 7.05 Å². The Labute approximate surface area is 77.0 Å². The van der Waals surface area contributed by atoms with Crippen molar-refractivity contribution in [2.45, 2.75) is 13.0 Å². The molecule has 1 heterocycles. The summed E-state index contributed by atoms with van der Waals surface area (Å²) < 4.78 is 4.79. The number of nitrogens with one attached hydrogen (secondary N) is 1. The number of imide groups is 1. The highest BCUT2D eigenvalue weighted by molar-refractivity contribution is 5.98. The Morgan fingerprint density at radius 1 is 1.46 bits per heavy atom. The molecule has 0 aromatic heterocycles. The van der Waals surface area contributed by atoms with E-state index >= 15 is 0 Å². The van der Waals surface area contributed by atoms with E-state index in [0.29, 0.717) is 6.54 Å². The van der Waals surface area contributed by atoms with Crippen LogP contribution in [0.2, 0.25) is 0 Å². The number of likely N-dealkylation sites (N-methyl/N-ethyl adjacent to an activating group) is 1. The molecule has 0 aromatic rings. The van der Waals surface area contributed by atoms with Crippen LogP contribution in [0.1, 0.15) is 6.92 Å². The van der Waals surface area contributed by atoms with Crippen LogP contribution < -0.4 is 5.32 Å². The molecule has 1 aliphatic heterocycles. The third-order valence-corrected chi connectivity index (χ3v) is 1.93. The molecule has 2 amide bonds. The molecule has 5 nitrogen and oxygen atoms in total. The minimum Gasteiger partial charge on any atom is -0.362 e. The Balaban J connectivity index is 2.62. The van der Waals surface area contributed by atoms with Crippen LogP contribution in [0, 0.1) is 0 Å². The average Bonchev–Trinajstić information content (AvgIpc) is 2.04. The van der Waals surface area contributed by atoms with E-state index in [2.05, 4.69) is 5.32 Å². The first-order valence-corrected chi connectivity index (χ1v) is 4.24. The fourth-order valence-corrected chi connectivity index (χ4v) is 1.38. The summed E-state index contributed by atoms with van der Waals surface area (Å²) in [7, 11) is 1.78. The van der Waals surface area contributed by atoms with Crippen molar-refractivity contribution in [1.29, 1.82) is 0 Å². The molecule has 0 aromatic carbocycles. The lowest BCUT2D eigenvalue weighted by atomic mass is 10.2. The molecule has 1 fully saturated rings. The molecule has 1 N–H and O–H groups in total. The van der Waals surface area contributed by atoms with E-state index < -0.39 is 0 Å². The zero-order valence-electron chi connectivity index (χ0n) is 7.87. The van der Waals surface area contributed by atoms with Gasteiger partial charge in [0.1, 0.15) is 13.2 Å². The standard InChI is InChI=1S/C8H14N2O3/c1-6(3-9-2)10-7(11)4-13-5-8(10)12/h6,9H,3-5H2,1-2H3. The second-order valence-corrected chi connectivity index (χ2v) is 3.06. The summed E-state index contributed by atoms with van der Waals surface area (Å²) in [6.45, 7) is 2.47. The van der Waals surface area contributed by atoms with Crippen molar-refractivity contribution in [3.05, 3.63) is 0 Å². The molecule has 1 saturated heterocycles. The number of rotatable bonds is 3. The minimum absolute atomic E-state index is 0.0137. The van der Waals surface area contributed by atoms with Gasteiger partial charge in [-0.2, -0.15) is 0 Å². The molecular formula is C8H14N2O3. The number of carbonyl (C=O) groups excluding carboxylic acids is 2. The summed E-state index contributed by atoms with van der Waals surface area (Å²) in [5, 5.41) is 2.92. The molecule has 1 rings (SSSR count). The second-order valence-electron chi connectivity index (χ2n) is 3.06. The van der Waals surface area contributed by atoms with Gasteiger partial charge in [-0.3, -0.25) is 14.5 Å². The molecule has 0 saturated carbocycles. The lowest BCUT2D eigenvalue weighted by Crippen LogP contribution is -2.53. The van der Waals surface area contributed by atoms with E-state index in [1.807, 2.05) is 6.92 Å². The van der Waals surface area contributed by atoms with Crippen molar-refractivity contribution in [2.75, 3.05) is 26.8 Å². The molecule has 74 valence electrons. The Bertz CT molecular complexity index is 201. The van der Waals surface area contributed by atoms with E-state index in [9.17, 15) is 9.59 Å². The predicted octanol–water partition coefficient (Wildman–Crippen LogP) is -1.02. The van der Waals surface area contributed by atoms with Gasteiger partial charge in [0, 0.05) is 12.6 Å². The molecule has 13 heavy (non-hydrogen) atoms. The van der Waals surface area contributed by atoms with Crippen molar-refractivity contribution in [3.8, 4) is 0 Å². The Kier molecular flexibility index (Phi) is 3.39. The number of ether oxygens (including phenoxy) is 1. The number of nitrogens with zero attached hydrogens (tertiary/aromatic N) is 1. The highest BCUT2D eigenvalue weighted by Gasteiger charge is 2.30. The zero-order valence-corrected chi connectivity index (χ0v) is 7.87. The van der Waals surface area contributed by atoms with Gasteiger partial charge in [-0.05, 0) is 14.0 Å². The maximum atomic E-state index is 11.3. The van der Waals surface area contributed by atoms with E-state index in [1.165, 1.54) is 4.90 Å². The van der Waals surface area contributed by atoms with E-state index in [-0.39, 0.29) is 31.1 Å². The van der Waals surface area contributed by atoms with E-state index in [0.717, 1.165) is 0 Å². The topological polar surface area (TPSA) is 58.6 Å². The fourth-order valence-electron chi connectivity index (χ4n) is 1.38. The van der Waals surface area contributed by atoms with Gasteiger partial charge in [0.15, 0.2) is 0 Å². The van der Waals surface area contributed by atoms with Crippen molar-refractivity contribution >= 4 is 11.8 Å². The first kappa shape index (κ1) is 10.1. The molecule has 5 heteroatoms. The van der Waals surface area contributed by atoms with Crippen LogP contribution in [0.25, 0.3) is 0 Å². The maximum absolute atomic E-state index is 11.3. The van der Waals surface area contributed by atoms with Crippen LogP contribution >= 0.6 is 0 Å². The molecule has 1 atom stereocenters. The van der Waals surface area contributed by atoms with Gasteiger partial charge in [-0.25, -0.2) is 0 Å². The van der Waals surface area contributed by atoms with Gasteiger partial charge >= 0.3 is 0 Å². The molecule has 1 aliphatic rings. The van der Waals surface area contributed by atoms with Crippen molar-refractivity contribution < 1.29 is 14.3 Å². The number of amides is 2. The van der Waals surface area contributed by atoms with Gasteiger partial charge in [0.2, 0.25) is 0 Å². The van der Waals surface area contributed by atoms with Crippen LogP contribution in [0.5, 0.6) is 0 Å². The van der Waals surface area contributed by atoms with Crippen molar-refractivity contribution in [1.82, 2.24) is 10.2 Å². The van der Waals surface area contributed by atoms with Gasteiger partial charge in [-0.1, -0.05) is 0 Å². The zero-order chi connectivity index (χ0) is 9.84. The van der Waals surface area contributed by atoms with Crippen LogP contribution in [0.4, 0.5) is 0 Å². The molecule has 0 bridgehead atoms. The van der Waals surface area contributed by atoms with Gasteiger partial charge in [0.05, 0.1) is 0 Å². The van der Waals surface area contributed by atoms with Gasteiger partial charge < -0.3 is 10.1 Å². The van der Waals surface area contributed by atoms with Crippen LogP contribution in [-0.2, 0) is 14.3 Å². The van der Waals surface area contributed by atoms with Crippen molar-refractivity contribution in [3.63, 3.8) is 0 Å². The molecule has 0 radical (unpaired) electrons. The van der Waals surface area contributed by atoms with Crippen molar-refractivity contribution in [2.24, 2.45) is 0 Å². The lowest BCUT2D eigenvalue weighted by Gasteiger charge is -2.30. The fraction of sp³-hybridized carbons (Fsp3) is 0.750. The Morgan fingerprint density at radius 3 is 2.46 bits per heavy atom. The first-order chi connectivity index (χ1) is 6.16. The second kappa shape index (κ2) is 4.34. The summed E-state index contributed by atoms with van der Waals surface area (Å²) in [6.07, 6.45) is 0. The Morgan fingerprint density at radius 2 is 2.00 bits per heavy atom. The normalized spacial score (nSPS) is 20.6. The highest BCUT2D eigenvalue weighted by Crippen LogP contribution is 2.05. The quantitative estimate of drug-likeness (QED) is 0.573. The van der Waals surface area contributed by atoms with Crippen LogP contribution in [0.3, 0.4) is 0 Å². The summed E-state index contributed by atoms with van der Waals surface area (Å²) in [5.41, 5.74) is 0. The maximum Gasteiger partial charge on any atom is 0.255 e. The number of morpholine rings is 1. The first-order valence-electron chi connectivity index (χ1n) is 4.24. The average molecular weight is 186 g/mol. The number of carbonyl (C=O) groups is 2. The molecule has 0 spiro atoms. The molecule has 1 unspecified atom stereocenters. The van der Waals surface area contributed by atoms with Crippen LogP contribution in [0.15, 0.2) is 0 Å². The van der Waals surface area contributed by atoms with Crippen LogP contribution in [-0.4, -0.2) is 49.6 Å². The number of hydrogen-bond acceptors (Lipinski definition) is 4. The third-order valence-electron chi connectivity index (χ3n) is 1.93. The van der Waals surface area contributed by atoms with Gasteiger partial charge in [-0.15, -0.1) is 0 Å². The summed E-state index contributed by atoms with van der Waals surface area (Å²) in [4.78, 5) is 23.8. The third kappa shape index (κ3) is 2.26. The minimum atomic E-state index is -0.251. The predicted molar refractivity (Wildman–Crippen MR) is 46.1 cm³/mol. The molecular weight excluding hydrogens is 172 g/mol. The lowest BCUT2D eigenvalue weighted by molar-refractivity contribution is -0.160. The highest BCUT2D eigenvalue weighted by atomic mass is 16.5.